The van der Waals surface area contributed by atoms with Crippen LogP contribution in [0.25, 0.3) is 0 Å². The molecule has 4 rings (SSSR count). The summed E-state index contributed by atoms with van der Waals surface area (Å²) in [6.07, 6.45) is -0.563. The minimum Gasteiger partial charge on any atom is -0.387 e. The Morgan fingerprint density at radius 2 is 1.97 bits per heavy atom. The summed E-state index contributed by atoms with van der Waals surface area (Å²) in [7, 11) is -3.75. The Morgan fingerprint density at radius 1 is 1.24 bits per heavy atom. The molecule has 0 aromatic rings. The topological polar surface area (TPSA) is 159 Å². The third-order valence-electron chi connectivity index (χ3n) is 6.43. The predicted molar refractivity (Wildman–Crippen MR) is 104 cm³/mol. The standard InChI is InChI=1S/C17H31N5O6S/c1-9-2-4-10(5-3-9)29(25,26)27-6-11-13(23)14(24)17(28-11)22-8-21-12-15(18)19-7-20-16(12)22/h8-17,19-20,23-24H,2-7,18H2,1H3. The Kier molecular flexibility index (Phi) is 6.15. The van der Waals surface area contributed by atoms with Gasteiger partial charge in [0.15, 0.2) is 6.23 Å². The molecule has 0 amide bonds. The van der Waals surface area contributed by atoms with E-state index in [0.29, 0.717) is 25.4 Å². The molecule has 7 atom stereocenters. The molecule has 0 bridgehead atoms. The molecule has 3 heterocycles. The van der Waals surface area contributed by atoms with Crippen LogP contribution in [0.2, 0.25) is 0 Å². The molecule has 3 aliphatic heterocycles. The van der Waals surface area contributed by atoms with Crippen LogP contribution in [0.5, 0.6) is 0 Å². The van der Waals surface area contributed by atoms with E-state index in [2.05, 4.69) is 22.5 Å². The van der Waals surface area contributed by atoms with Crippen molar-refractivity contribution in [1.29, 1.82) is 0 Å². The smallest absolute Gasteiger partial charge is 0.270 e. The Morgan fingerprint density at radius 3 is 2.69 bits per heavy atom. The van der Waals surface area contributed by atoms with Crippen LogP contribution >= 0.6 is 0 Å². The number of aliphatic hydroxyl groups excluding tert-OH is 2. The molecule has 0 aromatic carbocycles. The Bertz CT molecular complexity index is 715. The van der Waals surface area contributed by atoms with Gasteiger partial charge in [-0.05, 0) is 31.6 Å². The molecule has 3 fully saturated rings. The van der Waals surface area contributed by atoms with Gasteiger partial charge in [0.05, 0.1) is 24.4 Å². The van der Waals surface area contributed by atoms with Gasteiger partial charge in [0.25, 0.3) is 10.1 Å². The van der Waals surface area contributed by atoms with Gasteiger partial charge >= 0.3 is 0 Å². The Balaban J connectivity index is 1.36. The molecule has 1 aliphatic carbocycles. The van der Waals surface area contributed by atoms with E-state index in [1.165, 1.54) is 0 Å². The summed E-state index contributed by atoms with van der Waals surface area (Å²) in [6.45, 7) is 2.25. The van der Waals surface area contributed by atoms with Crippen LogP contribution in [0, 0.1) is 5.92 Å². The number of nitrogens with zero attached hydrogens (tertiary/aromatic N) is 2. The average molecular weight is 434 g/mol. The van der Waals surface area contributed by atoms with Crippen molar-refractivity contribution < 1.29 is 27.6 Å². The molecule has 1 saturated carbocycles. The zero-order chi connectivity index (χ0) is 20.8. The quantitative estimate of drug-likeness (QED) is 0.302. The van der Waals surface area contributed by atoms with E-state index in [1.54, 1.807) is 11.2 Å². The number of hydrogen-bond acceptors (Lipinski definition) is 11. The van der Waals surface area contributed by atoms with Crippen molar-refractivity contribution in [1.82, 2.24) is 15.5 Å². The molecule has 7 unspecified atom stereocenters. The Labute approximate surface area is 170 Å². The largest absolute Gasteiger partial charge is 0.387 e. The van der Waals surface area contributed by atoms with Crippen LogP contribution in [0.3, 0.4) is 0 Å². The van der Waals surface area contributed by atoms with E-state index in [1.807, 2.05) is 0 Å². The first-order valence-corrected chi connectivity index (χ1v) is 11.7. The fraction of sp³-hybridized carbons (Fsp3) is 0.941. The summed E-state index contributed by atoms with van der Waals surface area (Å²) >= 11 is 0. The summed E-state index contributed by atoms with van der Waals surface area (Å²) in [5.74, 6) is 0.528. The van der Waals surface area contributed by atoms with Crippen molar-refractivity contribution in [2.24, 2.45) is 16.6 Å². The lowest BCUT2D eigenvalue weighted by molar-refractivity contribution is -0.0845. The highest BCUT2D eigenvalue weighted by Gasteiger charge is 2.50. The lowest BCUT2D eigenvalue weighted by Crippen LogP contribution is -2.67. The first-order valence-electron chi connectivity index (χ1n) is 10.2. The van der Waals surface area contributed by atoms with E-state index in [9.17, 15) is 18.6 Å². The monoisotopic (exact) mass is 433 g/mol. The van der Waals surface area contributed by atoms with Gasteiger partial charge in [-0.25, -0.2) is 0 Å². The lowest BCUT2D eigenvalue weighted by Gasteiger charge is -2.39. The second kappa shape index (κ2) is 8.35. The lowest BCUT2D eigenvalue weighted by atomic mass is 9.91. The molecule has 12 heteroatoms. The number of nitrogens with two attached hydrogens (primary N) is 1. The van der Waals surface area contributed by atoms with Gasteiger partial charge in [-0.3, -0.25) is 19.8 Å². The number of fused-ring (bicyclic) bond motifs is 1. The van der Waals surface area contributed by atoms with Crippen molar-refractivity contribution in [3.8, 4) is 0 Å². The molecule has 6 N–H and O–H groups in total. The normalized spacial score (nSPS) is 45.5. The van der Waals surface area contributed by atoms with Crippen LogP contribution in [-0.2, 0) is 19.0 Å². The molecular weight excluding hydrogens is 402 g/mol. The Hall–Kier alpha value is -0.860. The van der Waals surface area contributed by atoms with Crippen LogP contribution in [0.1, 0.15) is 32.6 Å². The maximum atomic E-state index is 12.5. The number of aliphatic imine (C=N–C) groups is 1. The molecule has 0 spiro atoms. The average Bonchev–Trinajstić information content (AvgIpc) is 3.24. The fourth-order valence-electron chi connectivity index (χ4n) is 4.51. The van der Waals surface area contributed by atoms with Gasteiger partial charge in [0, 0.05) is 6.67 Å². The van der Waals surface area contributed by atoms with E-state index < -0.39 is 39.9 Å². The SMILES string of the molecule is CC1CCC(S(=O)(=O)OCC2OC(N3C=NC4C(N)NCNC43)C(O)C2O)CC1. The number of hydrogen-bond donors (Lipinski definition) is 5. The molecule has 0 radical (unpaired) electrons. The molecule has 0 aromatic heterocycles. The fourth-order valence-corrected chi connectivity index (χ4v) is 5.88. The van der Waals surface area contributed by atoms with Crippen molar-refractivity contribution in [2.75, 3.05) is 13.3 Å². The molecule has 29 heavy (non-hydrogen) atoms. The van der Waals surface area contributed by atoms with Gasteiger partial charge in [0.1, 0.15) is 30.5 Å². The number of ether oxygens (including phenoxy) is 1. The van der Waals surface area contributed by atoms with Gasteiger partial charge in [-0.1, -0.05) is 6.92 Å². The highest BCUT2D eigenvalue weighted by atomic mass is 32.2. The zero-order valence-electron chi connectivity index (χ0n) is 16.4. The third kappa shape index (κ3) is 4.17. The van der Waals surface area contributed by atoms with E-state index >= 15 is 0 Å². The second-order valence-electron chi connectivity index (χ2n) is 8.46. The summed E-state index contributed by atoms with van der Waals surface area (Å²) in [6, 6.07) is -0.263. The molecule has 2 saturated heterocycles. The van der Waals surface area contributed by atoms with Crippen LogP contribution < -0.4 is 16.4 Å². The van der Waals surface area contributed by atoms with Crippen molar-refractivity contribution in [3.63, 3.8) is 0 Å². The number of nitrogens with one attached hydrogen (secondary N) is 2. The van der Waals surface area contributed by atoms with Crippen molar-refractivity contribution in [2.45, 2.75) is 80.8 Å². The van der Waals surface area contributed by atoms with E-state index in [0.717, 1.165) is 12.8 Å². The van der Waals surface area contributed by atoms with Crippen LogP contribution in [-0.4, -0.2) is 91.3 Å². The van der Waals surface area contributed by atoms with Gasteiger partial charge < -0.3 is 25.6 Å². The third-order valence-corrected chi connectivity index (χ3v) is 8.19. The predicted octanol–water partition coefficient (Wildman–Crippen LogP) is -2.17. The van der Waals surface area contributed by atoms with Crippen LogP contribution in [0.4, 0.5) is 0 Å². The van der Waals surface area contributed by atoms with Gasteiger partial charge in [-0.15, -0.1) is 0 Å². The summed E-state index contributed by atoms with van der Waals surface area (Å²) < 4.78 is 36.0. The second-order valence-corrected chi connectivity index (χ2v) is 10.4. The van der Waals surface area contributed by atoms with Gasteiger partial charge in [0.2, 0.25) is 0 Å². The van der Waals surface area contributed by atoms with Gasteiger partial charge in [-0.2, -0.15) is 8.42 Å². The van der Waals surface area contributed by atoms with E-state index in [4.69, 9.17) is 14.7 Å². The van der Waals surface area contributed by atoms with Crippen molar-refractivity contribution in [3.05, 3.63) is 0 Å². The van der Waals surface area contributed by atoms with Crippen molar-refractivity contribution >= 4 is 16.5 Å². The number of rotatable bonds is 5. The minimum atomic E-state index is -3.75. The summed E-state index contributed by atoms with van der Waals surface area (Å²) in [4.78, 5) is 6.03. The highest BCUT2D eigenvalue weighted by Crippen LogP contribution is 2.31. The van der Waals surface area contributed by atoms with E-state index in [-0.39, 0.29) is 25.0 Å². The molecular formula is C17H31N5O6S. The summed E-state index contributed by atoms with van der Waals surface area (Å²) in [5.41, 5.74) is 6.01. The first-order chi connectivity index (χ1) is 13.8. The molecule has 11 nitrogen and oxygen atoms in total. The van der Waals surface area contributed by atoms with Crippen LogP contribution in [0.15, 0.2) is 4.99 Å². The highest BCUT2D eigenvalue weighted by molar-refractivity contribution is 7.87. The number of aliphatic hydroxyl groups is 2. The summed E-state index contributed by atoms with van der Waals surface area (Å²) in [5, 5.41) is 26.6. The maximum absolute atomic E-state index is 12.5. The molecule has 4 aliphatic rings. The zero-order valence-corrected chi connectivity index (χ0v) is 17.2. The molecule has 166 valence electrons. The first kappa shape index (κ1) is 21.4. The minimum absolute atomic E-state index is 0.263. The maximum Gasteiger partial charge on any atom is 0.270 e.